The van der Waals surface area contributed by atoms with Gasteiger partial charge in [-0.2, -0.15) is 4.99 Å². The summed E-state index contributed by atoms with van der Waals surface area (Å²) in [6.45, 7) is 2.22. The summed E-state index contributed by atoms with van der Waals surface area (Å²) in [5, 5.41) is 0. The second kappa shape index (κ2) is 8.55. The van der Waals surface area contributed by atoms with Gasteiger partial charge >= 0.3 is 0 Å². The van der Waals surface area contributed by atoms with Gasteiger partial charge in [-0.1, -0.05) is 47.1 Å². The van der Waals surface area contributed by atoms with E-state index < -0.39 is 9.84 Å². The van der Waals surface area contributed by atoms with E-state index in [-0.39, 0.29) is 29.4 Å². The van der Waals surface area contributed by atoms with Gasteiger partial charge in [0, 0.05) is 6.42 Å². The van der Waals surface area contributed by atoms with Crippen LogP contribution in [-0.4, -0.2) is 24.6 Å². The van der Waals surface area contributed by atoms with Crippen LogP contribution in [0.4, 0.5) is 0 Å². The van der Waals surface area contributed by atoms with Crippen molar-refractivity contribution in [1.82, 2.24) is 4.57 Å². The highest BCUT2D eigenvalue weighted by molar-refractivity contribution is 7.91. The molecule has 0 saturated carbocycles. The Bertz CT molecular complexity index is 1210. The number of hydrogen-bond donors (Lipinski definition) is 0. The van der Waals surface area contributed by atoms with Crippen molar-refractivity contribution in [2.24, 2.45) is 4.99 Å². The number of sulfone groups is 1. The molecule has 0 fully saturated rings. The van der Waals surface area contributed by atoms with Gasteiger partial charge in [-0.3, -0.25) is 4.79 Å². The van der Waals surface area contributed by atoms with Gasteiger partial charge in [0.25, 0.3) is 0 Å². The fraction of sp³-hybridized carbons (Fsp3) is 0.238. The number of terminal acetylenes is 1. The molecule has 3 rings (SSSR count). The first-order valence-electron chi connectivity index (χ1n) is 8.79. The summed E-state index contributed by atoms with van der Waals surface area (Å²) in [6.07, 6.45) is 5.73. The zero-order valence-corrected chi connectivity index (χ0v) is 17.1. The molecule has 0 bridgehead atoms. The van der Waals surface area contributed by atoms with E-state index in [1.165, 1.54) is 11.3 Å². The Kier molecular flexibility index (Phi) is 6.12. The highest BCUT2D eigenvalue weighted by Crippen LogP contribution is 2.17. The SMILES string of the molecule is C#CCn1c(=NC(=O)CCCS(=O)(=O)c2ccc(C)cc2)sc2ccccc21. The van der Waals surface area contributed by atoms with E-state index in [0.717, 1.165) is 15.8 Å². The monoisotopic (exact) mass is 412 g/mol. The number of hydrogen-bond acceptors (Lipinski definition) is 4. The molecule has 0 saturated heterocycles. The first-order chi connectivity index (χ1) is 13.4. The summed E-state index contributed by atoms with van der Waals surface area (Å²) in [5.74, 6) is 2.14. The molecule has 3 aromatic rings. The third kappa shape index (κ3) is 4.58. The molecule has 0 unspecified atom stereocenters. The molecule has 0 aliphatic carbocycles. The molecule has 0 atom stereocenters. The number of carbonyl (C=O) groups is 1. The second-order valence-electron chi connectivity index (χ2n) is 6.38. The van der Waals surface area contributed by atoms with Gasteiger partial charge in [-0.25, -0.2) is 8.42 Å². The maximum absolute atomic E-state index is 12.4. The topological polar surface area (TPSA) is 68.5 Å². The van der Waals surface area contributed by atoms with Crippen LogP contribution in [0.15, 0.2) is 58.4 Å². The number of amides is 1. The van der Waals surface area contributed by atoms with E-state index in [9.17, 15) is 13.2 Å². The Morgan fingerprint density at radius 2 is 1.89 bits per heavy atom. The molecule has 1 heterocycles. The van der Waals surface area contributed by atoms with Crippen LogP contribution in [0.3, 0.4) is 0 Å². The van der Waals surface area contributed by atoms with Crippen molar-refractivity contribution in [3.63, 3.8) is 0 Å². The lowest BCUT2D eigenvalue weighted by Crippen LogP contribution is -2.16. The van der Waals surface area contributed by atoms with Crippen LogP contribution in [-0.2, 0) is 21.2 Å². The maximum atomic E-state index is 12.4. The van der Waals surface area contributed by atoms with Crippen molar-refractivity contribution in [2.45, 2.75) is 31.2 Å². The highest BCUT2D eigenvalue weighted by Gasteiger charge is 2.15. The number of carbonyl (C=O) groups excluding carboxylic acids is 1. The third-order valence-corrected chi connectivity index (χ3v) is 7.12. The minimum absolute atomic E-state index is 0.0649. The summed E-state index contributed by atoms with van der Waals surface area (Å²) in [7, 11) is -3.41. The Morgan fingerprint density at radius 3 is 2.61 bits per heavy atom. The van der Waals surface area contributed by atoms with Gasteiger partial charge in [-0.15, -0.1) is 6.42 Å². The molecule has 1 amide bonds. The number of fused-ring (bicyclic) bond motifs is 1. The predicted molar refractivity (Wildman–Crippen MR) is 112 cm³/mol. The average Bonchev–Trinajstić information content (AvgIpc) is 2.99. The van der Waals surface area contributed by atoms with Crippen LogP contribution in [0.2, 0.25) is 0 Å². The number of aryl methyl sites for hydroxylation is 1. The Labute approximate surface area is 168 Å². The van der Waals surface area contributed by atoms with Crippen molar-refractivity contribution in [3.05, 3.63) is 58.9 Å². The lowest BCUT2D eigenvalue weighted by Gasteiger charge is -2.04. The van der Waals surface area contributed by atoms with E-state index in [2.05, 4.69) is 10.9 Å². The zero-order valence-electron chi connectivity index (χ0n) is 15.5. The molecule has 2 aromatic carbocycles. The zero-order chi connectivity index (χ0) is 20.1. The van der Waals surface area contributed by atoms with E-state index in [1.54, 1.807) is 24.3 Å². The molecular formula is C21H20N2O3S2. The molecule has 1 aromatic heterocycles. The smallest absolute Gasteiger partial charge is 0.248 e. The second-order valence-corrected chi connectivity index (χ2v) is 9.50. The lowest BCUT2D eigenvalue weighted by molar-refractivity contribution is -0.118. The summed E-state index contributed by atoms with van der Waals surface area (Å²) >= 11 is 1.39. The van der Waals surface area contributed by atoms with E-state index in [0.29, 0.717) is 11.3 Å². The molecule has 28 heavy (non-hydrogen) atoms. The molecule has 7 heteroatoms. The van der Waals surface area contributed by atoms with Crippen LogP contribution >= 0.6 is 11.3 Å². The summed E-state index contributed by atoms with van der Waals surface area (Å²) in [6, 6.07) is 14.4. The van der Waals surface area contributed by atoms with Gasteiger partial charge in [0.1, 0.15) is 0 Å². The number of rotatable bonds is 6. The fourth-order valence-corrected chi connectivity index (χ4v) is 5.15. The van der Waals surface area contributed by atoms with Gasteiger partial charge in [0.05, 0.1) is 27.4 Å². The quantitative estimate of drug-likeness (QED) is 0.583. The minimum Gasteiger partial charge on any atom is -0.305 e. The summed E-state index contributed by atoms with van der Waals surface area (Å²) < 4.78 is 27.6. The normalized spacial score (nSPS) is 12.2. The molecule has 0 aliphatic heterocycles. The first-order valence-corrected chi connectivity index (χ1v) is 11.3. The molecule has 0 N–H and O–H groups in total. The average molecular weight is 413 g/mol. The first kappa shape index (κ1) is 20.1. The Morgan fingerprint density at radius 1 is 1.18 bits per heavy atom. The van der Waals surface area contributed by atoms with Crippen molar-refractivity contribution in [1.29, 1.82) is 0 Å². The van der Waals surface area contributed by atoms with Crippen LogP contribution in [0.5, 0.6) is 0 Å². The summed E-state index contributed by atoms with van der Waals surface area (Å²) in [5.41, 5.74) is 1.93. The number of benzene rings is 2. The highest BCUT2D eigenvalue weighted by atomic mass is 32.2. The van der Waals surface area contributed by atoms with Crippen molar-refractivity contribution < 1.29 is 13.2 Å². The largest absolute Gasteiger partial charge is 0.305 e. The molecule has 0 aliphatic rings. The summed E-state index contributed by atoms with van der Waals surface area (Å²) in [4.78, 5) is 17.3. The lowest BCUT2D eigenvalue weighted by atomic mass is 10.2. The van der Waals surface area contributed by atoms with E-state index in [1.807, 2.05) is 35.8 Å². The molecule has 5 nitrogen and oxygen atoms in total. The molecule has 144 valence electrons. The van der Waals surface area contributed by atoms with E-state index in [4.69, 9.17) is 6.42 Å². The van der Waals surface area contributed by atoms with E-state index >= 15 is 0 Å². The predicted octanol–water partition coefficient (Wildman–Crippen LogP) is 3.33. The van der Waals surface area contributed by atoms with Crippen molar-refractivity contribution >= 4 is 37.3 Å². The minimum atomic E-state index is -3.41. The number of thiazole rings is 1. The molecule has 0 spiro atoms. The van der Waals surface area contributed by atoms with Gasteiger partial charge < -0.3 is 4.57 Å². The Balaban J connectivity index is 1.72. The van der Waals surface area contributed by atoms with Crippen LogP contribution in [0.25, 0.3) is 10.2 Å². The fourth-order valence-electron chi connectivity index (χ4n) is 2.79. The number of aromatic nitrogens is 1. The Hall–Kier alpha value is -2.69. The maximum Gasteiger partial charge on any atom is 0.248 e. The van der Waals surface area contributed by atoms with Crippen LogP contribution < -0.4 is 4.80 Å². The number of para-hydroxylation sites is 1. The number of nitrogens with zero attached hydrogens (tertiary/aromatic N) is 2. The van der Waals surface area contributed by atoms with Crippen LogP contribution in [0.1, 0.15) is 18.4 Å². The molecule has 0 radical (unpaired) electrons. The standard InChI is InChI=1S/C21H20N2O3S2/c1-3-14-23-18-7-4-5-8-19(18)27-21(23)22-20(24)9-6-15-28(25,26)17-12-10-16(2)11-13-17/h1,4-5,7-8,10-13H,6,9,14-15H2,2H3. The van der Waals surface area contributed by atoms with Crippen molar-refractivity contribution in [3.8, 4) is 12.3 Å². The van der Waals surface area contributed by atoms with Gasteiger partial charge in [0.2, 0.25) is 5.91 Å². The third-order valence-electron chi connectivity index (χ3n) is 4.24. The van der Waals surface area contributed by atoms with Crippen molar-refractivity contribution in [2.75, 3.05) is 5.75 Å². The van der Waals surface area contributed by atoms with Gasteiger partial charge in [0.15, 0.2) is 14.6 Å². The van der Waals surface area contributed by atoms with Gasteiger partial charge in [-0.05, 0) is 37.6 Å². The molecular weight excluding hydrogens is 392 g/mol. The van der Waals surface area contributed by atoms with Crippen LogP contribution in [0, 0.1) is 19.3 Å².